The fraction of sp³-hybridized carbons (Fsp3) is 0.200. The summed E-state index contributed by atoms with van der Waals surface area (Å²) < 4.78 is 11.1. The number of halogens is 4. The Kier molecular flexibility index (Phi) is 15.4. The predicted octanol–water partition coefficient (Wildman–Crippen LogP) is 3.55. The first-order chi connectivity index (χ1) is 10.1. The molecular formula is C15H24Cl4N4O2. The van der Waals surface area contributed by atoms with Crippen LogP contribution < -0.4 is 32.4 Å². The van der Waals surface area contributed by atoms with Crippen LogP contribution in [0.3, 0.4) is 0 Å². The van der Waals surface area contributed by atoms with Crippen LogP contribution in [-0.4, -0.2) is 13.2 Å². The Morgan fingerprint density at radius 1 is 0.600 bits per heavy atom. The Morgan fingerprint density at radius 3 is 1.32 bits per heavy atom. The highest BCUT2D eigenvalue weighted by molar-refractivity contribution is 5.86. The van der Waals surface area contributed by atoms with E-state index in [2.05, 4.69) is 0 Å². The van der Waals surface area contributed by atoms with Gasteiger partial charge in [0.25, 0.3) is 0 Å². The average molecular weight is 434 g/mol. The molecule has 0 bridgehead atoms. The van der Waals surface area contributed by atoms with E-state index in [4.69, 9.17) is 32.4 Å². The smallest absolute Gasteiger partial charge is 0.144 e. The molecule has 0 aromatic heterocycles. The van der Waals surface area contributed by atoms with Gasteiger partial charge in [-0.3, -0.25) is 0 Å². The van der Waals surface area contributed by atoms with Crippen LogP contribution in [0.1, 0.15) is 6.42 Å². The van der Waals surface area contributed by atoms with Gasteiger partial charge in [0.15, 0.2) is 0 Å². The molecule has 25 heavy (non-hydrogen) atoms. The molecule has 144 valence electrons. The third-order valence-electron chi connectivity index (χ3n) is 2.88. The largest absolute Gasteiger partial charge is 0.491 e. The zero-order valence-electron chi connectivity index (χ0n) is 13.3. The van der Waals surface area contributed by atoms with Crippen LogP contribution in [-0.2, 0) is 0 Å². The summed E-state index contributed by atoms with van der Waals surface area (Å²) in [4.78, 5) is 0. The van der Waals surface area contributed by atoms with Gasteiger partial charge in [-0.05, 0) is 24.3 Å². The maximum absolute atomic E-state index is 5.79. The van der Waals surface area contributed by atoms with E-state index < -0.39 is 0 Å². The summed E-state index contributed by atoms with van der Waals surface area (Å²) in [7, 11) is 0. The van der Waals surface area contributed by atoms with Crippen LogP contribution in [0.4, 0.5) is 22.7 Å². The summed E-state index contributed by atoms with van der Waals surface area (Å²) in [5.74, 6) is 1.16. The van der Waals surface area contributed by atoms with Crippen molar-refractivity contribution in [3.05, 3.63) is 36.4 Å². The summed E-state index contributed by atoms with van der Waals surface area (Å²) >= 11 is 0. The van der Waals surface area contributed by atoms with Crippen LogP contribution in [0.2, 0.25) is 0 Å². The second-order valence-electron chi connectivity index (χ2n) is 4.65. The highest BCUT2D eigenvalue weighted by Gasteiger charge is 2.03. The van der Waals surface area contributed by atoms with E-state index >= 15 is 0 Å². The van der Waals surface area contributed by atoms with Crippen molar-refractivity contribution in [1.82, 2.24) is 0 Å². The number of hydrogen-bond acceptors (Lipinski definition) is 6. The van der Waals surface area contributed by atoms with E-state index in [0.717, 1.165) is 0 Å². The van der Waals surface area contributed by atoms with E-state index in [1.54, 1.807) is 36.4 Å². The highest BCUT2D eigenvalue weighted by Crippen LogP contribution is 2.25. The van der Waals surface area contributed by atoms with Gasteiger partial charge in [0.05, 0.1) is 24.6 Å². The van der Waals surface area contributed by atoms with Crippen molar-refractivity contribution in [1.29, 1.82) is 0 Å². The lowest BCUT2D eigenvalue weighted by atomic mass is 10.2. The molecule has 0 aliphatic carbocycles. The van der Waals surface area contributed by atoms with Gasteiger partial charge in [-0.1, -0.05) is 0 Å². The van der Waals surface area contributed by atoms with Gasteiger partial charge in [-0.25, -0.2) is 0 Å². The Hall–Kier alpha value is -1.60. The maximum Gasteiger partial charge on any atom is 0.144 e. The second-order valence-corrected chi connectivity index (χ2v) is 4.65. The van der Waals surface area contributed by atoms with Crippen molar-refractivity contribution in [3.8, 4) is 11.5 Å². The normalized spacial score (nSPS) is 8.64. The Morgan fingerprint density at radius 2 is 0.960 bits per heavy atom. The summed E-state index contributed by atoms with van der Waals surface area (Å²) in [5.41, 5.74) is 25.3. The van der Waals surface area contributed by atoms with Crippen molar-refractivity contribution in [2.24, 2.45) is 0 Å². The molecule has 2 aromatic rings. The number of nitrogen functional groups attached to an aromatic ring is 4. The quantitative estimate of drug-likeness (QED) is 0.408. The number of nitrogens with two attached hydrogens (primary N) is 4. The summed E-state index contributed by atoms with van der Waals surface area (Å²) in [6, 6.07) is 10.3. The maximum atomic E-state index is 5.79. The van der Waals surface area contributed by atoms with Crippen molar-refractivity contribution in [3.63, 3.8) is 0 Å². The third-order valence-corrected chi connectivity index (χ3v) is 2.88. The lowest BCUT2D eigenvalue weighted by Crippen LogP contribution is -2.07. The lowest BCUT2D eigenvalue weighted by molar-refractivity contribution is 0.249. The van der Waals surface area contributed by atoms with Gasteiger partial charge in [0, 0.05) is 29.9 Å². The molecule has 0 heterocycles. The van der Waals surface area contributed by atoms with Crippen molar-refractivity contribution in [2.45, 2.75) is 6.42 Å². The first-order valence-electron chi connectivity index (χ1n) is 6.62. The highest BCUT2D eigenvalue weighted by atomic mass is 35.5. The minimum Gasteiger partial charge on any atom is -0.491 e. The van der Waals surface area contributed by atoms with Gasteiger partial charge < -0.3 is 32.4 Å². The minimum absolute atomic E-state index is 0. The molecular weight excluding hydrogens is 410 g/mol. The van der Waals surface area contributed by atoms with Crippen molar-refractivity contribution < 1.29 is 9.47 Å². The van der Waals surface area contributed by atoms with Crippen LogP contribution in [0, 0.1) is 0 Å². The lowest BCUT2D eigenvalue weighted by Gasteiger charge is -2.11. The summed E-state index contributed by atoms with van der Waals surface area (Å²) in [5, 5.41) is 0. The van der Waals surface area contributed by atoms with Crippen molar-refractivity contribution >= 4 is 72.4 Å². The SMILES string of the molecule is Cl.Cl.Cl.Cl.Nc1ccc(N)c(OCCCOc2cc(N)ccc2N)c1. The Labute approximate surface area is 172 Å². The summed E-state index contributed by atoms with van der Waals surface area (Å²) in [6.45, 7) is 0.936. The molecule has 0 aliphatic rings. The van der Waals surface area contributed by atoms with E-state index in [9.17, 15) is 0 Å². The van der Waals surface area contributed by atoms with Gasteiger partial charge in [0.2, 0.25) is 0 Å². The first kappa shape index (κ1) is 28.2. The third kappa shape index (κ3) is 8.88. The zero-order valence-corrected chi connectivity index (χ0v) is 16.6. The van der Waals surface area contributed by atoms with Gasteiger partial charge in [-0.2, -0.15) is 0 Å². The van der Waals surface area contributed by atoms with Gasteiger partial charge in [-0.15, -0.1) is 49.6 Å². The molecule has 8 N–H and O–H groups in total. The van der Waals surface area contributed by atoms with E-state index in [0.29, 0.717) is 53.9 Å². The number of rotatable bonds is 6. The minimum atomic E-state index is 0. The number of hydrogen-bond donors (Lipinski definition) is 4. The number of ether oxygens (including phenoxy) is 2. The van der Waals surface area contributed by atoms with Gasteiger partial charge in [0.1, 0.15) is 11.5 Å². The van der Waals surface area contributed by atoms with Crippen LogP contribution in [0.25, 0.3) is 0 Å². The molecule has 0 saturated carbocycles. The molecule has 0 unspecified atom stereocenters. The molecule has 0 aliphatic heterocycles. The molecule has 6 nitrogen and oxygen atoms in total. The standard InChI is InChI=1S/C15H20N4O2.4ClH/c16-10-2-4-12(18)14(8-10)20-6-1-7-21-15-9-11(17)3-5-13(15)19;;;;/h2-5,8-9H,1,6-7,16-19H2;4*1H. The molecule has 10 heteroatoms. The molecule has 2 rings (SSSR count). The molecule has 0 fully saturated rings. The molecule has 0 amide bonds. The monoisotopic (exact) mass is 432 g/mol. The predicted molar refractivity (Wildman–Crippen MR) is 115 cm³/mol. The van der Waals surface area contributed by atoms with Crippen LogP contribution >= 0.6 is 49.6 Å². The van der Waals surface area contributed by atoms with Crippen molar-refractivity contribution in [2.75, 3.05) is 36.1 Å². The summed E-state index contributed by atoms with van der Waals surface area (Å²) in [6.07, 6.45) is 0.683. The van der Waals surface area contributed by atoms with Crippen LogP contribution in [0.5, 0.6) is 11.5 Å². The van der Waals surface area contributed by atoms with Crippen LogP contribution in [0.15, 0.2) is 36.4 Å². The number of benzene rings is 2. The second kappa shape index (κ2) is 13.7. The zero-order chi connectivity index (χ0) is 15.2. The number of anilines is 4. The fourth-order valence-electron chi connectivity index (χ4n) is 1.78. The van der Waals surface area contributed by atoms with E-state index in [-0.39, 0.29) is 49.6 Å². The molecule has 0 radical (unpaired) electrons. The van der Waals surface area contributed by atoms with E-state index in [1.165, 1.54) is 0 Å². The molecule has 0 saturated heterocycles. The Balaban J connectivity index is -0.00000121. The average Bonchev–Trinajstić information content (AvgIpc) is 2.45. The first-order valence-corrected chi connectivity index (χ1v) is 6.62. The fourth-order valence-corrected chi connectivity index (χ4v) is 1.78. The van der Waals surface area contributed by atoms with E-state index in [1.807, 2.05) is 0 Å². The Bertz CT molecular complexity index is 579. The van der Waals surface area contributed by atoms with Gasteiger partial charge >= 0.3 is 0 Å². The molecule has 2 aromatic carbocycles. The molecule has 0 atom stereocenters. The molecule has 0 spiro atoms. The topological polar surface area (TPSA) is 123 Å².